The summed E-state index contributed by atoms with van der Waals surface area (Å²) < 4.78 is 16.7. The summed E-state index contributed by atoms with van der Waals surface area (Å²) in [7, 11) is 0. The van der Waals surface area contributed by atoms with Crippen LogP contribution in [0.25, 0.3) is 0 Å². The molecule has 0 aromatic rings. The van der Waals surface area contributed by atoms with Crippen molar-refractivity contribution >= 4 is 17.9 Å². The van der Waals surface area contributed by atoms with E-state index in [-0.39, 0.29) is 31.1 Å². The molecule has 0 fully saturated rings. The Bertz CT molecular complexity index is 1030. The van der Waals surface area contributed by atoms with Gasteiger partial charge in [0.15, 0.2) is 6.10 Å². The molecular formula is C52H92O6. The van der Waals surface area contributed by atoms with Gasteiger partial charge in [-0.05, 0) is 57.8 Å². The fourth-order valence-corrected chi connectivity index (χ4v) is 6.90. The molecule has 1 unspecified atom stereocenters. The molecule has 0 aliphatic heterocycles. The molecule has 336 valence electrons. The van der Waals surface area contributed by atoms with E-state index in [1.165, 1.54) is 116 Å². The molecule has 0 N–H and O–H groups in total. The molecule has 0 aromatic heterocycles. The van der Waals surface area contributed by atoms with Gasteiger partial charge in [-0.1, -0.05) is 217 Å². The highest BCUT2D eigenvalue weighted by molar-refractivity contribution is 5.71. The van der Waals surface area contributed by atoms with Crippen molar-refractivity contribution in [2.75, 3.05) is 13.2 Å². The average molecular weight is 813 g/mol. The maximum absolute atomic E-state index is 12.7. The van der Waals surface area contributed by atoms with Gasteiger partial charge in [0.1, 0.15) is 13.2 Å². The normalized spacial score (nSPS) is 12.4. The number of hydrogen-bond acceptors (Lipinski definition) is 6. The number of allylic oxidation sites excluding steroid dienone is 8. The van der Waals surface area contributed by atoms with Crippen molar-refractivity contribution < 1.29 is 28.6 Å². The zero-order valence-electron chi connectivity index (χ0n) is 38.3. The monoisotopic (exact) mass is 813 g/mol. The van der Waals surface area contributed by atoms with Gasteiger partial charge in [0.05, 0.1) is 0 Å². The first-order valence-corrected chi connectivity index (χ1v) is 24.6. The second-order valence-corrected chi connectivity index (χ2v) is 16.4. The van der Waals surface area contributed by atoms with Crippen LogP contribution in [-0.2, 0) is 28.6 Å². The van der Waals surface area contributed by atoms with Crippen molar-refractivity contribution in [2.24, 2.45) is 0 Å². The van der Waals surface area contributed by atoms with Gasteiger partial charge in [0, 0.05) is 19.3 Å². The van der Waals surface area contributed by atoms with Crippen LogP contribution in [0.2, 0.25) is 0 Å². The Morgan fingerprint density at radius 1 is 0.362 bits per heavy atom. The highest BCUT2D eigenvalue weighted by atomic mass is 16.6. The number of carbonyl (C=O) groups is 3. The Morgan fingerprint density at radius 2 is 0.672 bits per heavy atom. The van der Waals surface area contributed by atoms with E-state index in [0.717, 1.165) is 89.9 Å². The molecule has 0 saturated carbocycles. The van der Waals surface area contributed by atoms with Crippen molar-refractivity contribution in [3.05, 3.63) is 48.6 Å². The van der Waals surface area contributed by atoms with Crippen LogP contribution in [0, 0.1) is 0 Å². The molecule has 0 aromatic carbocycles. The summed E-state index contributed by atoms with van der Waals surface area (Å²) in [5.74, 6) is -0.907. The number of esters is 3. The van der Waals surface area contributed by atoms with Gasteiger partial charge in [0.2, 0.25) is 0 Å². The Hall–Kier alpha value is -2.63. The lowest BCUT2D eigenvalue weighted by Gasteiger charge is -2.18. The Balaban J connectivity index is 4.40. The fraction of sp³-hybridized carbons (Fsp3) is 0.788. The topological polar surface area (TPSA) is 78.9 Å². The molecule has 58 heavy (non-hydrogen) atoms. The minimum Gasteiger partial charge on any atom is -0.462 e. The van der Waals surface area contributed by atoms with Gasteiger partial charge in [-0.25, -0.2) is 0 Å². The van der Waals surface area contributed by atoms with Crippen molar-refractivity contribution in [1.29, 1.82) is 0 Å². The van der Waals surface area contributed by atoms with Gasteiger partial charge >= 0.3 is 17.9 Å². The minimum absolute atomic E-state index is 0.0800. The second kappa shape index (κ2) is 47.1. The minimum atomic E-state index is -0.780. The molecule has 0 aliphatic carbocycles. The van der Waals surface area contributed by atoms with Crippen LogP contribution in [0.1, 0.15) is 245 Å². The molecule has 0 radical (unpaired) electrons. The molecule has 6 nitrogen and oxygen atoms in total. The molecule has 0 heterocycles. The maximum atomic E-state index is 12.7. The van der Waals surface area contributed by atoms with E-state index in [1.807, 2.05) is 0 Å². The lowest BCUT2D eigenvalue weighted by molar-refractivity contribution is -0.167. The maximum Gasteiger partial charge on any atom is 0.306 e. The van der Waals surface area contributed by atoms with Crippen molar-refractivity contribution in [1.82, 2.24) is 0 Å². The Morgan fingerprint density at radius 3 is 1.05 bits per heavy atom. The molecule has 0 rings (SSSR count). The summed E-state index contributed by atoms with van der Waals surface area (Å²) >= 11 is 0. The Kier molecular flexibility index (Phi) is 44.9. The van der Waals surface area contributed by atoms with E-state index < -0.39 is 6.10 Å². The highest BCUT2D eigenvalue weighted by Crippen LogP contribution is 2.15. The summed E-state index contributed by atoms with van der Waals surface area (Å²) in [6.45, 7) is 6.49. The third kappa shape index (κ3) is 44.5. The standard InChI is InChI=1S/C52H92O6/c1-4-7-10-13-16-19-22-24-25-26-28-30-33-36-39-42-45-51(54)57-48-49(47-56-50(53)44-41-38-35-32-29-21-18-15-12-9-6-3)58-52(55)46-43-40-37-34-31-27-23-20-17-14-11-8-5-2/h7,10,16,19,24-25,28,30,49H,4-6,8-9,11-15,17-18,20-23,26-27,29,31-48H2,1-3H3/b10-7-,19-16-,25-24-,30-28-. The summed E-state index contributed by atoms with van der Waals surface area (Å²) in [5, 5.41) is 0. The lowest BCUT2D eigenvalue weighted by atomic mass is 10.0. The van der Waals surface area contributed by atoms with Crippen LogP contribution in [0.4, 0.5) is 0 Å². The fourth-order valence-electron chi connectivity index (χ4n) is 6.90. The van der Waals surface area contributed by atoms with E-state index >= 15 is 0 Å². The van der Waals surface area contributed by atoms with Crippen LogP contribution >= 0.6 is 0 Å². The smallest absolute Gasteiger partial charge is 0.306 e. The quantitative estimate of drug-likeness (QED) is 0.0264. The van der Waals surface area contributed by atoms with E-state index in [2.05, 4.69) is 69.4 Å². The zero-order valence-corrected chi connectivity index (χ0v) is 38.3. The SMILES string of the molecule is CC/C=C\C/C=C\C/C=C\C/C=C\CCCCCC(=O)OCC(COC(=O)CCCCCCCCCCCCC)OC(=O)CCCCCCCCCCCCCCC. The summed E-state index contributed by atoms with van der Waals surface area (Å²) in [6, 6.07) is 0. The van der Waals surface area contributed by atoms with Crippen molar-refractivity contribution in [3.63, 3.8) is 0 Å². The second-order valence-electron chi connectivity index (χ2n) is 16.4. The van der Waals surface area contributed by atoms with E-state index in [1.54, 1.807) is 0 Å². The molecule has 1 atom stereocenters. The van der Waals surface area contributed by atoms with Crippen molar-refractivity contribution in [2.45, 2.75) is 252 Å². The average Bonchev–Trinajstić information content (AvgIpc) is 3.22. The van der Waals surface area contributed by atoms with Gasteiger partial charge in [-0.15, -0.1) is 0 Å². The predicted octanol–water partition coefficient (Wildman–Crippen LogP) is 15.9. The zero-order chi connectivity index (χ0) is 42.3. The Labute approximate surface area is 358 Å². The number of unbranched alkanes of at least 4 members (excludes halogenated alkanes) is 25. The number of hydrogen-bond donors (Lipinski definition) is 0. The van der Waals surface area contributed by atoms with Gasteiger partial charge in [0.25, 0.3) is 0 Å². The number of rotatable bonds is 44. The van der Waals surface area contributed by atoms with E-state index in [9.17, 15) is 14.4 Å². The van der Waals surface area contributed by atoms with E-state index in [4.69, 9.17) is 14.2 Å². The first-order valence-electron chi connectivity index (χ1n) is 24.6. The summed E-state index contributed by atoms with van der Waals surface area (Å²) in [5.41, 5.74) is 0. The molecule has 0 aliphatic rings. The van der Waals surface area contributed by atoms with Crippen LogP contribution in [-0.4, -0.2) is 37.2 Å². The third-order valence-corrected chi connectivity index (χ3v) is 10.6. The number of carbonyl (C=O) groups excluding carboxylic acids is 3. The molecule has 0 saturated heterocycles. The van der Waals surface area contributed by atoms with Crippen LogP contribution in [0.5, 0.6) is 0 Å². The van der Waals surface area contributed by atoms with Gasteiger partial charge in [-0.2, -0.15) is 0 Å². The molecule has 0 amide bonds. The first-order chi connectivity index (χ1) is 28.5. The first kappa shape index (κ1) is 55.4. The molecular weight excluding hydrogens is 721 g/mol. The number of ether oxygens (including phenoxy) is 3. The summed E-state index contributed by atoms with van der Waals surface area (Å²) in [6.07, 6.45) is 55.2. The highest BCUT2D eigenvalue weighted by Gasteiger charge is 2.19. The lowest BCUT2D eigenvalue weighted by Crippen LogP contribution is -2.30. The van der Waals surface area contributed by atoms with Crippen LogP contribution < -0.4 is 0 Å². The van der Waals surface area contributed by atoms with Crippen LogP contribution in [0.15, 0.2) is 48.6 Å². The van der Waals surface area contributed by atoms with Gasteiger partial charge in [-0.3, -0.25) is 14.4 Å². The predicted molar refractivity (Wildman–Crippen MR) is 247 cm³/mol. The molecule has 0 spiro atoms. The van der Waals surface area contributed by atoms with Gasteiger partial charge < -0.3 is 14.2 Å². The van der Waals surface area contributed by atoms with E-state index in [0.29, 0.717) is 19.3 Å². The molecule has 6 heteroatoms. The van der Waals surface area contributed by atoms with Crippen LogP contribution in [0.3, 0.4) is 0 Å². The molecule has 0 bridgehead atoms. The van der Waals surface area contributed by atoms with Crippen molar-refractivity contribution in [3.8, 4) is 0 Å². The third-order valence-electron chi connectivity index (χ3n) is 10.6. The largest absolute Gasteiger partial charge is 0.462 e. The summed E-state index contributed by atoms with van der Waals surface area (Å²) in [4.78, 5) is 37.8.